The normalized spacial score (nSPS) is 12.1. The minimum atomic E-state index is -0.449. The SMILES string of the molecule is O=C(COc1ccc2c(-c3ccccc3)cc(=O)oc2c1)c1ccc2c(c1)OCO2. The molecule has 0 N–H and O–H groups in total. The van der Waals surface area contributed by atoms with Crippen LogP contribution in [0.4, 0.5) is 0 Å². The number of Topliss-reactive ketones (excluding diaryl/α,β-unsaturated/α-hetero) is 1. The number of carbonyl (C=O) groups is 1. The van der Waals surface area contributed by atoms with Crippen LogP contribution in [-0.2, 0) is 0 Å². The summed E-state index contributed by atoms with van der Waals surface area (Å²) in [7, 11) is 0. The second kappa shape index (κ2) is 7.40. The van der Waals surface area contributed by atoms with Crippen LogP contribution in [0.15, 0.2) is 82.0 Å². The third-order valence-electron chi connectivity index (χ3n) is 4.87. The van der Waals surface area contributed by atoms with Crippen molar-refractivity contribution in [1.82, 2.24) is 0 Å². The van der Waals surface area contributed by atoms with Crippen molar-refractivity contribution in [3.63, 3.8) is 0 Å². The van der Waals surface area contributed by atoms with Crippen LogP contribution in [0.1, 0.15) is 10.4 Å². The fraction of sp³-hybridized carbons (Fsp3) is 0.0833. The van der Waals surface area contributed by atoms with Gasteiger partial charge in [-0.3, -0.25) is 4.79 Å². The van der Waals surface area contributed by atoms with Gasteiger partial charge in [-0.05, 0) is 41.5 Å². The number of hydrogen-bond donors (Lipinski definition) is 0. The number of hydrogen-bond acceptors (Lipinski definition) is 6. The molecule has 0 atom stereocenters. The highest BCUT2D eigenvalue weighted by Crippen LogP contribution is 2.33. The van der Waals surface area contributed by atoms with Crippen molar-refractivity contribution in [3.8, 4) is 28.4 Å². The van der Waals surface area contributed by atoms with Crippen LogP contribution in [-0.4, -0.2) is 19.2 Å². The zero-order chi connectivity index (χ0) is 20.5. The van der Waals surface area contributed by atoms with E-state index in [4.69, 9.17) is 18.6 Å². The lowest BCUT2D eigenvalue weighted by Gasteiger charge is -2.09. The van der Waals surface area contributed by atoms with Crippen molar-refractivity contribution in [3.05, 3.63) is 88.8 Å². The topological polar surface area (TPSA) is 75.0 Å². The lowest BCUT2D eigenvalue weighted by Crippen LogP contribution is -2.11. The molecule has 1 aromatic heterocycles. The van der Waals surface area contributed by atoms with E-state index in [1.165, 1.54) is 6.07 Å². The number of ether oxygens (including phenoxy) is 3. The maximum Gasteiger partial charge on any atom is 0.336 e. The first-order valence-electron chi connectivity index (χ1n) is 9.36. The van der Waals surface area contributed by atoms with Gasteiger partial charge >= 0.3 is 5.63 Å². The van der Waals surface area contributed by atoms with E-state index in [0.717, 1.165) is 16.5 Å². The Kier molecular flexibility index (Phi) is 4.44. The smallest absolute Gasteiger partial charge is 0.336 e. The van der Waals surface area contributed by atoms with Gasteiger partial charge in [0.1, 0.15) is 11.3 Å². The number of rotatable bonds is 5. The summed E-state index contributed by atoms with van der Waals surface area (Å²) in [5, 5.41) is 0.787. The summed E-state index contributed by atoms with van der Waals surface area (Å²) in [5.41, 5.74) is 2.12. The Morgan fingerprint density at radius 1 is 0.900 bits per heavy atom. The predicted octanol–water partition coefficient (Wildman–Crippen LogP) is 4.45. The van der Waals surface area contributed by atoms with Crippen LogP contribution in [0, 0.1) is 0 Å². The van der Waals surface area contributed by atoms with Crippen molar-refractivity contribution in [2.75, 3.05) is 13.4 Å². The van der Waals surface area contributed by atoms with Crippen LogP contribution in [0.2, 0.25) is 0 Å². The highest BCUT2D eigenvalue weighted by Gasteiger charge is 2.17. The summed E-state index contributed by atoms with van der Waals surface area (Å²) in [4.78, 5) is 24.5. The predicted molar refractivity (Wildman–Crippen MR) is 110 cm³/mol. The Morgan fingerprint density at radius 2 is 1.73 bits per heavy atom. The molecule has 5 rings (SSSR count). The molecule has 30 heavy (non-hydrogen) atoms. The van der Waals surface area contributed by atoms with E-state index in [2.05, 4.69) is 0 Å². The average molecular weight is 400 g/mol. The molecule has 0 radical (unpaired) electrons. The molecule has 0 aliphatic carbocycles. The summed E-state index contributed by atoms with van der Waals surface area (Å²) in [6.45, 7) is -0.00943. The lowest BCUT2D eigenvalue weighted by atomic mass is 10.0. The summed E-state index contributed by atoms with van der Waals surface area (Å²) in [6, 6.07) is 21.3. The molecule has 0 unspecified atom stereocenters. The van der Waals surface area contributed by atoms with Gasteiger partial charge in [-0.25, -0.2) is 4.79 Å². The molecule has 0 bridgehead atoms. The molecule has 1 aliphatic rings. The number of ketones is 1. The maximum atomic E-state index is 12.5. The van der Waals surface area contributed by atoms with E-state index >= 15 is 0 Å². The summed E-state index contributed by atoms with van der Waals surface area (Å²) in [6.07, 6.45) is 0. The van der Waals surface area contributed by atoms with Gasteiger partial charge in [0, 0.05) is 23.1 Å². The lowest BCUT2D eigenvalue weighted by molar-refractivity contribution is 0.0921. The van der Waals surface area contributed by atoms with E-state index in [-0.39, 0.29) is 19.2 Å². The molecular weight excluding hydrogens is 384 g/mol. The second-order valence-corrected chi connectivity index (χ2v) is 6.78. The number of fused-ring (bicyclic) bond motifs is 2. The van der Waals surface area contributed by atoms with E-state index in [0.29, 0.717) is 28.4 Å². The van der Waals surface area contributed by atoms with Gasteiger partial charge in [0.25, 0.3) is 0 Å². The fourth-order valence-electron chi connectivity index (χ4n) is 3.39. The van der Waals surface area contributed by atoms with E-state index in [9.17, 15) is 9.59 Å². The van der Waals surface area contributed by atoms with Crippen molar-refractivity contribution >= 4 is 16.8 Å². The van der Waals surface area contributed by atoms with Gasteiger partial charge in [-0.1, -0.05) is 30.3 Å². The highest BCUT2D eigenvalue weighted by molar-refractivity contribution is 5.98. The minimum absolute atomic E-state index is 0.150. The largest absolute Gasteiger partial charge is 0.485 e. The van der Waals surface area contributed by atoms with Gasteiger partial charge in [0.15, 0.2) is 23.9 Å². The first kappa shape index (κ1) is 18.0. The van der Waals surface area contributed by atoms with Crippen LogP contribution in [0.5, 0.6) is 17.2 Å². The van der Waals surface area contributed by atoms with Crippen LogP contribution >= 0.6 is 0 Å². The molecule has 2 heterocycles. The van der Waals surface area contributed by atoms with Gasteiger partial charge in [0.05, 0.1) is 0 Å². The zero-order valence-electron chi connectivity index (χ0n) is 15.8. The molecule has 6 nitrogen and oxygen atoms in total. The Bertz CT molecular complexity index is 1310. The van der Waals surface area contributed by atoms with Crippen LogP contribution < -0.4 is 19.8 Å². The van der Waals surface area contributed by atoms with Gasteiger partial charge in [-0.15, -0.1) is 0 Å². The molecule has 0 saturated heterocycles. The van der Waals surface area contributed by atoms with Gasteiger partial charge in [0.2, 0.25) is 6.79 Å². The van der Waals surface area contributed by atoms with Crippen LogP contribution in [0.3, 0.4) is 0 Å². The molecule has 3 aromatic carbocycles. The number of carbonyl (C=O) groups excluding carboxylic acids is 1. The molecule has 6 heteroatoms. The molecule has 148 valence electrons. The van der Waals surface area contributed by atoms with Crippen molar-refractivity contribution in [2.24, 2.45) is 0 Å². The molecule has 0 saturated carbocycles. The Labute approximate surface area is 171 Å². The summed E-state index contributed by atoms with van der Waals surface area (Å²) >= 11 is 0. The quantitative estimate of drug-likeness (QED) is 0.364. The first-order valence-corrected chi connectivity index (χ1v) is 9.36. The second-order valence-electron chi connectivity index (χ2n) is 6.78. The first-order chi connectivity index (χ1) is 14.7. The van der Waals surface area contributed by atoms with E-state index < -0.39 is 5.63 Å². The Hall–Kier alpha value is -4.06. The Morgan fingerprint density at radius 3 is 2.60 bits per heavy atom. The summed E-state index contributed by atoms with van der Waals surface area (Å²) in [5.74, 6) is 1.39. The fourth-order valence-corrected chi connectivity index (χ4v) is 3.39. The highest BCUT2D eigenvalue weighted by atomic mass is 16.7. The van der Waals surface area contributed by atoms with Crippen LogP contribution in [0.25, 0.3) is 22.1 Å². The molecule has 0 amide bonds. The minimum Gasteiger partial charge on any atom is -0.485 e. The molecule has 0 fully saturated rings. The standard InChI is InChI=1S/C24H16O6/c25-20(16-6-9-21-23(10-16)29-14-28-21)13-27-17-7-8-18-19(15-4-2-1-3-5-15)12-24(26)30-22(18)11-17/h1-12H,13-14H2. The van der Waals surface area contributed by atoms with Crippen molar-refractivity contribution < 1.29 is 23.4 Å². The molecule has 4 aromatic rings. The maximum absolute atomic E-state index is 12.5. The number of benzene rings is 3. The van der Waals surface area contributed by atoms with Crippen molar-refractivity contribution in [1.29, 1.82) is 0 Å². The Balaban J connectivity index is 1.39. The molecular formula is C24H16O6. The third-order valence-corrected chi connectivity index (χ3v) is 4.87. The average Bonchev–Trinajstić information content (AvgIpc) is 3.25. The zero-order valence-corrected chi connectivity index (χ0v) is 15.8. The van der Waals surface area contributed by atoms with Gasteiger partial charge in [-0.2, -0.15) is 0 Å². The van der Waals surface area contributed by atoms with Crippen molar-refractivity contribution in [2.45, 2.75) is 0 Å². The third kappa shape index (κ3) is 3.39. The molecule has 1 aliphatic heterocycles. The molecule has 0 spiro atoms. The summed E-state index contributed by atoms with van der Waals surface area (Å²) < 4.78 is 21.6. The monoisotopic (exact) mass is 400 g/mol. The van der Waals surface area contributed by atoms with E-state index in [1.807, 2.05) is 36.4 Å². The van der Waals surface area contributed by atoms with E-state index in [1.54, 1.807) is 30.3 Å². The van der Waals surface area contributed by atoms with Gasteiger partial charge < -0.3 is 18.6 Å².